The number of amides is 1. The maximum atomic E-state index is 13.0. The van der Waals surface area contributed by atoms with Crippen LogP contribution in [-0.2, 0) is 0 Å². The molecule has 1 amide bonds. The number of nitrogen functional groups attached to an aromatic ring is 1. The molecular weight excluding hydrogens is 271 g/mol. The molecular formula is C16H23FN2O2. The SMILES string of the molecule is CC1(C)CCC(O)(CNC(=O)c2ccc(F)cc2N)CC1. The van der Waals surface area contributed by atoms with Gasteiger partial charge in [-0.25, -0.2) is 4.39 Å². The molecule has 0 bridgehead atoms. The van der Waals surface area contributed by atoms with E-state index in [-0.39, 0.29) is 29.1 Å². The smallest absolute Gasteiger partial charge is 0.253 e. The van der Waals surface area contributed by atoms with Crippen molar-refractivity contribution in [3.63, 3.8) is 0 Å². The number of aliphatic hydroxyl groups is 1. The van der Waals surface area contributed by atoms with Gasteiger partial charge in [-0.3, -0.25) is 4.79 Å². The second-order valence-corrected chi connectivity index (χ2v) is 6.80. The number of carbonyl (C=O) groups is 1. The van der Waals surface area contributed by atoms with Crippen LogP contribution in [0, 0.1) is 11.2 Å². The Kier molecular flexibility index (Phi) is 4.23. The first kappa shape index (κ1) is 15.8. The fourth-order valence-corrected chi connectivity index (χ4v) is 2.65. The van der Waals surface area contributed by atoms with Crippen LogP contribution in [-0.4, -0.2) is 23.2 Å². The number of nitrogens with two attached hydrogens (primary N) is 1. The topological polar surface area (TPSA) is 75.3 Å². The molecule has 1 aliphatic rings. The Morgan fingerprint density at radius 1 is 1.33 bits per heavy atom. The Hall–Kier alpha value is -1.62. The molecule has 0 atom stereocenters. The molecule has 0 heterocycles. The Morgan fingerprint density at radius 3 is 2.52 bits per heavy atom. The summed E-state index contributed by atoms with van der Waals surface area (Å²) in [6.45, 7) is 4.56. The van der Waals surface area contributed by atoms with Crippen LogP contribution in [0.25, 0.3) is 0 Å². The van der Waals surface area contributed by atoms with Gasteiger partial charge in [0.2, 0.25) is 0 Å². The second-order valence-electron chi connectivity index (χ2n) is 6.80. The predicted octanol–water partition coefficient (Wildman–Crippen LogP) is 2.47. The number of benzene rings is 1. The van der Waals surface area contributed by atoms with Crippen LogP contribution in [0.15, 0.2) is 18.2 Å². The van der Waals surface area contributed by atoms with E-state index in [1.54, 1.807) is 0 Å². The zero-order valence-corrected chi connectivity index (χ0v) is 12.6. The van der Waals surface area contributed by atoms with Gasteiger partial charge >= 0.3 is 0 Å². The van der Waals surface area contributed by atoms with Crippen molar-refractivity contribution in [3.05, 3.63) is 29.6 Å². The van der Waals surface area contributed by atoms with Gasteiger partial charge in [0, 0.05) is 12.2 Å². The Balaban J connectivity index is 1.95. The number of carbonyl (C=O) groups excluding carboxylic acids is 1. The Bertz CT molecular complexity index is 533. The molecule has 1 saturated carbocycles. The number of hydrogen-bond acceptors (Lipinski definition) is 3. The van der Waals surface area contributed by atoms with Gasteiger partial charge in [0.15, 0.2) is 0 Å². The van der Waals surface area contributed by atoms with Gasteiger partial charge in [-0.1, -0.05) is 13.8 Å². The van der Waals surface area contributed by atoms with Gasteiger partial charge in [-0.05, 0) is 49.3 Å². The van der Waals surface area contributed by atoms with Crippen LogP contribution >= 0.6 is 0 Å². The lowest BCUT2D eigenvalue weighted by Gasteiger charge is -2.40. The van der Waals surface area contributed by atoms with Crippen molar-refractivity contribution in [2.24, 2.45) is 5.41 Å². The first-order valence-corrected chi connectivity index (χ1v) is 7.26. The summed E-state index contributed by atoms with van der Waals surface area (Å²) < 4.78 is 13.0. The molecule has 1 aromatic carbocycles. The minimum atomic E-state index is -0.861. The monoisotopic (exact) mass is 294 g/mol. The van der Waals surface area contributed by atoms with Gasteiger partial charge < -0.3 is 16.2 Å². The Morgan fingerprint density at radius 2 is 1.95 bits per heavy atom. The predicted molar refractivity (Wildman–Crippen MR) is 80.3 cm³/mol. The molecule has 4 nitrogen and oxygen atoms in total. The lowest BCUT2D eigenvalue weighted by molar-refractivity contribution is -0.0233. The van der Waals surface area contributed by atoms with E-state index in [0.717, 1.165) is 18.9 Å². The highest BCUT2D eigenvalue weighted by molar-refractivity contribution is 5.99. The molecule has 21 heavy (non-hydrogen) atoms. The summed E-state index contributed by atoms with van der Waals surface area (Å²) in [5.41, 5.74) is 5.36. The number of anilines is 1. The summed E-state index contributed by atoms with van der Waals surface area (Å²) in [5, 5.41) is 13.2. The van der Waals surface area contributed by atoms with E-state index >= 15 is 0 Å². The van der Waals surface area contributed by atoms with Crippen LogP contribution in [0.1, 0.15) is 49.9 Å². The van der Waals surface area contributed by atoms with E-state index in [2.05, 4.69) is 19.2 Å². The maximum absolute atomic E-state index is 13.0. The van der Waals surface area contributed by atoms with Gasteiger partial charge in [0.1, 0.15) is 5.82 Å². The van der Waals surface area contributed by atoms with Crippen molar-refractivity contribution >= 4 is 11.6 Å². The minimum Gasteiger partial charge on any atom is -0.398 e. The zero-order valence-electron chi connectivity index (χ0n) is 12.6. The molecule has 0 saturated heterocycles. The van der Waals surface area contributed by atoms with E-state index in [9.17, 15) is 14.3 Å². The highest BCUT2D eigenvalue weighted by Gasteiger charge is 2.36. The molecule has 0 radical (unpaired) electrons. The number of halogens is 1. The molecule has 5 heteroatoms. The van der Waals surface area contributed by atoms with E-state index in [1.165, 1.54) is 12.1 Å². The van der Waals surface area contributed by atoms with Crippen LogP contribution in [0.2, 0.25) is 0 Å². The molecule has 4 N–H and O–H groups in total. The highest BCUT2D eigenvalue weighted by Crippen LogP contribution is 2.39. The van der Waals surface area contributed by atoms with Crippen LogP contribution < -0.4 is 11.1 Å². The lowest BCUT2D eigenvalue weighted by atomic mass is 9.71. The molecule has 0 unspecified atom stereocenters. The third-order valence-corrected chi connectivity index (χ3v) is 4.37. The third-order valence-electron chi connectivity index (χ3n) is 4.37. The summed E-state index contributed by atoms with van der Waals surface area (Å²) >= 11 is 0. The van der Waals surface area contributed by atoms with Gasteiger partial charge in [0.25, 0.3) is 5.91 Å². The molecule has 116 valence electrons. The average Bonchev–Trinajstić information content (AvgIpc) is 2.40. The first-order chi connectivity index (χ1) is 9.71. The number of nitrogens with one attached hydrogen (secondary N) is 1. The Labute approximate surface area is 124 Å². The lowest BCUT2D eigenvalue weighted by Crippen LogP contribution is -2.46. The van der Waals surface area contributed by atoms with Crippen LogP contribution in [0.5, 0.6) is 0 Å². The van der Waals surface area contributed by atoms with Gasteiger partial charge in [0.05, 0.1) is 11.2 Å². The molecule has 1 aliphatic carbocycles. The normalized spacial score (nSPS) is 20.0. The fourth-order valence-electron chi connectivity index (χ4n) is 2.65. The first-order valence-electron chi connectivity index (χ1n) is 7.26. The van der Waals surface area contributed by atoms with Gasteiger partial charge in [-0.15, -0.1) is 0 Å². The maximum Gasteiger partial charge on any atom is 0.253 e. The molecule has 1 fully saturated rings. The average molecular weight is 294 g/mol. The number of hydrogen-bond donors (Lipinski definition) is 3. The summed E-state index contributed by atoms with van der Waals surface area (Å²) in [5.74, 6) is -0.858. The van der Waals surface area contributed by atoms with Crippen molar-refractivity contribution in [3.8, 4) is 0 Å². The molecule has 0 spiro atoms. The van der Waals surface area contributed by atoms with Crippen molar-refractivity contribution in [2.75, 3.05) is 12.3 Å². The summed E-state index contributed by atoms with van der Waals surface area (Å²) in [4.78, 5) is 12.1. The van der Waals surface area contributed by atoms with Crippen molar-refractivity contribution < 1.29 is 14.3 Å². The summed E-state index contributed by atoms with van der Waals surface area (Å²) in [6.07, 6.45) is 3.19. The van der Waals surface area contributed by atoms with E-state index < -0.39 is 11.4 Å². The van der Waals surface area contributed by atoms with E-state index in [0.29, 0.717) is 12.8 Å². The fraction of sp³-hybridized carbons (Fsp3) is 0.562. The molecule has 0 aliphatic heterocycles. The quantitative estimate of drug-likeness (QED) is 0.750. The molecule has 1 aromatic rings. The second kappa shape index (κ2) is 5.64. The largest absolute Gasteiger partial charge is 0.398 e. The molecule has 0 aromatic heterocycles. The van der Waals surface area contributed by atoms with Crippen LogP contribution in [0.4, 0.5) is 10.1 Å². The van der Waals surface area contributed by atoms with E-state index in [1.807, 2.05) is 0 Å². The minimum absolute atomic E-state index is 0.101. The molecule has 2 rings (SSSR count). The van der Waals surface area contributed by atoms with Gasteiger partial charge in [-0.2, -0.15) is 0 Å². The summed E-state index contributed by atoms with van der Waals surface area (Å²) in [6, 6.07) is 3.67. The zero-order chi connectivity index (χ0) is 15.7. The highest BCUT2D eigenvalue weighted by atomic mass is 19.1. The van der Waals surface area contributed by atoms with Crippen molar-refractivity contribution in [2.45, 2.75) is 45.1 Å². The standard InChI is InChI=1S/C16H23FN2O2/c1-15(2)5-7-16(21,8-6-15)10-19-14(20)12-4-3-11(17)9-13(12)18/h3-4,9,21H,5-8,10,18H2,1-2H3,(H,19,20). The van der Waals surface area contributed by atoms with Crippen LogP contribution in [0.3, 0.4) is 0 Å². The van der Waals surface area contributed by atoms with E-state index in [4.69, 9.17) is 5.73 Å². The van der Waals surface area contributed by atoms with Crippen molar-refractivity contribution in [1.29, 1.82) is 0 Å². The number of rotatable bonds is 3. The summed E-state index contributed by atoms with van der Waals surface area (Å²) in [7, 11) is 0. The third kappa shape index (κ3) is 3.94. The van der Waals surface area contributed by atoms with Crippen molar-refractivity contribution in [1.82, 2.24) is 5.32 Å².